The van der Waals surface area contributed by atoms with Crippen molar-refractivity contribution in [3.05, 3.63) is 59.6 Å². The summed E-state index contributed by atoms with van der Waals surface area (Å²) in [5.74, 6) is 2.18. The van der Waals surface area contributed by atoms with Gasteiger partial charge in [-0.05, 0) is 50.0 Å². The number of anilines is 1. The molecule has 31 heavy (non-hydrogen) atoms. The average Bonchev–Trinajstić information content (AvgIpc) is 3.23. The first kappa shape index (κ1) is 20.5. The van der Waals surface area contributed by atoms with Gasteiger partial charge in [0.25, 0.3) is 0 Å². The molecule has 0 saturated heterocycles. The molecule has 0 radical (unpaired) electrons. The molecule has 0 saturated carbocycles. The van der Waals surface area contributed by atoms with Crippen molar-refractivity contribution < 1.29 is 4.74 Å². The highest BCUT2D eigenvalue weighted by Crippen LogP contribution is 2.27. The molecule has 0 amide bonds. The van der Waals surface area contributed by atoms with Gasteiger partial charge >= 0.3 is 0 Å². The summed E-state index contributed by atoms with van der Waals surface area (Å²) in [5.41, 5.74) is 4.16. The number of nitrogens with zero attached hydrogens (tertiary/aromatic N) is 7. The van der Waals surface area contributed by atoms with Crippen molar-refractivity contribution in [3.63, 3.8) is 0 Å². The van der Waals surface area contributed by atoms with Crippen LogP contribution in [0.3, 0.4) is 0 Å². The molecule has 8 heteroatoms. The third kappa shape index (κ3) is 4.40. The number of hydrogen-bond acceptors (Lipinski definition) is 7. The van der Waals surface area contributed by atoms with Crippen molar-refractivity contribution >= 4 is 11.8 Å². The monoisotopic (exact) mass is 415 g/mol. The molecule has 0 atom stereocenters. The summed E-state index contributed by atoms with van der Waals surface area (Å²) < 4.78 is 7.69. The zero-order valence-electron chi connectivity index (χ0n) is 17.9. The molecule has 0 aromatic carbocycles. The van der Waals surface area contributed by atoms with Gasteiger partial charge in [-0.2, -0.15) is 5.26 Å². The van der Waals surface area contributed by atoms with Crippen LogP contribution in [-0.2, 0) is 11.3 Å². The highest BCUT2D eigenvalue weighted by atomic mass is 16.5. The van der Waals surface area contributed by atoms with E-state index in [2.05, 4.69) is 48.4 Å². The van der Waals surface area contributed by atoms with Crippen LogP contribution in [0.1, 0.15) is 25.0 Å². The Kier molecular flexibility index (Phi) is 5.94. The van der Waals surface area contributed by atoms with Gasteiger partial charge in [0.1, 0.15) is 0 Å². The van der Waals surface area contributed by atoms with Crippen molar-refractivity contribution in [3.8, 4) is 17.5 Å². The summed E-state index contributed by atoms with van der Waals surface area (Å²) in [6.45, 7) is 8.20. The summed E-state index contributed by atoms with van der Waals surface area (Å²) in [5, 5.41) is 18.1. The number of aryl methyl sites for hydroxylation is 1. The highest BCUT2D eigenvalue weighted by molar-refractivity contribution is 5.82. The molecule has 4 rings (SSSR count). The molecule has 2 aromatic rings. The van der Waals surface area contributed by atoms with Crippen molar-refractivity contribution in [2.24, 2.45) is 4.99 Å². The predicted octanol–water partition coefficient (Wildman–Crippen LogP) is 3.59. The maximum Gasteiger partial charge on any atom is 0.227 e. The molecule has 0 unspecified atom stereocenters. The van der Waals surface area contributed by atoms with Gasteiger partial charge in [-0.3, -0.25) is 9.55 Å². The van der Waals surface area contributed by atoms with E-state index in [1.165, 1.54) is 0 Å². The Labute approximate surface area is 181 Å². The molecule has 3 heterocycles. The maximum absolute atomic E-state index is 9.17. The van der Waals surface area contributed by atoms with Crippen LogP contribution in [0.25, 0.3) is 11.4 Å². The Morgan fingerprint density at radius 1 is 1.35 bits per heavy atom. The summed E-state index contributed by atoms with van der Waals surface area (Å²) >= 11 is 0. The van der Waals surface area contributed by atoms with Crippen molar-refractivity contribution in [1.82, 2.24) is 19.7 Å². The molecule has 2 aliphatic rings. The van der Waals surface area contributed by atoms with Crippen LogP contribution in [-0.4, -0.2) is 45.8 Å². The first-order chi connectivity index (χ1) is 15.1. The van der Waals surface area contributed by atoms with E-state index in [1.54, 1.807) is 13.3 Å². The van der Waals surface area contributed by atoms with Crippen molar-refractivity contribution in [1.29, 1.82) is 5.26 Å². The van der Waals surface area contributed by atoms with Crippen LogP contribution in [0, 0.1) is 18.3 Å². The molecular weight excluding hydrogens is 390 g/mol. The van der Waals surface area contributed by atoms with E-state index in [-0.39, 0.29) is 0 Å². The number of pyridine rings is 1. The first-order valence-corrected chi connectivity index (χ1v) is 10.3. The molecule has 1 aliphatic carbocycles. The predicted molar refractivity (Wildman–Crippen MR) is 119 cm³/mol. The van der Waals surface area contributed by atoms with Gasteiger partial charge in [0, 0.05) is 36.1 Å². The second-order valence-electron chi connectivity index (χ2n) is 7.57. The summed E-state index contributed by atoms with van der Waals surface area (Å²) in [6.07, 6.45) is 8.25. The van der Waals surface area contributed by atoms with Gasteiger partial charge < -0.3 is 9.64 Å². The molecule has 0 fully saturated rings. The number of aromatic nitrogens is 4. The van der Waals surface area contributed by atoms with Crippen LogP contribution < -0.4 is 4.90 Å². The fourth-order valence-corrected chi connectivity index (χ4v) is 3.82. The molecule has 2 aromatic heterocycles. The summed E-state index contributed by atoms with van der Waals surface area (Å²) in [4.78, 5) is 11.0. The maximum atomic E-state index is 9.17. The fourth-order valence-electron chi connectivity index (χ4n) is 3.82. The quantitative estimate of drug-likeness (QED) is 0.547. The average molecular weight is 416 g/mol. The molecule has 1 aliphatic heterocycles. The van der Waals surface area contributed by atoms with E-state index >= 15 is 0 Å². The third-order valence-corrected chi connectivity index (χ3v) is 5.38. The van der Waals surface area contributed by atoms with Gasteiger partial charge in [-0.15, -0.1) is 10.2 Å². The largest absolute Gasteiger partial charge is 0.483 e. The number of aliphatic imine (C=N–C) groups is 1. The van der Waals surface area contributed by atoms with Crippen LogP contribution in [0.15, 0.2) is 58.9 Å². The van der Waals surface area contributed by atoms with Crippen LogP contribution in [0.4, 0.5) is 5.95 Å². The Hall–Kier alpha value is -3.73. The lowest BCUT2D eigenvalue weighted by molar-refractivity contribution is 0.391. The number of rotatable bonds is 5. The number of nitriles is 1. The lowest BCUT2D eigenvalue weighted by Gasteiger charge is -2.28. The van der Waals surface area contributed by atoms with Gasteiger partial charge in [-0.25, -0.2) is 4.99 Å². The molecular formula is C23H25N7O. The minimum Gasteiger partial charge on any atom is -0.483 e. The minimum atomic E-state index is 0.463. The fraction of sp³-hybridized carbons (Fsp3) is 0.348. The molecule has 0 bridgehead atoms. The van der Waals surface area contributed by atoms with Crippen LogP contribution in [0.2, 0.25) is 0 Å². The topological polar surface area (TPSA) is 92.2 Å². The Morgan fingerprint density at radius 2 is 2.23 bits per heavy atom. The van der Waals surface area contributed by atoms with Gasteiger partial charge in [0.2, 0.25) is 11.8 Å². The van der Waals surface area contributed by atoms with E-state index in [4.69, 9.17) is 10.00 Å². The van der Waals surface area contributed by atoms with E-state index in [9.17, 15) is 0 Å². The van der Waals surface area contributed by atoms with Crippen molar-refractivity contribution in [2.45, 2.75) is 32.7 Å². The van der Waals surface area contributed by atoms with E-state index < -0.39 is 0 Å². The first-order valence-electron chi connectivity index (χ1n) is 10.3. The highest BCUT2D eigenvalue weighted by Gasteiger charge is 2.24. The zero-order valence-corrected chi connectivity index (χ0v) is 17.9. The van der Waals surface area contributed by atoms with E-state index in [0.29, 0.717) is 18.1 Å². The lowest BCUT2D eigenvalue weighted by Crippen LogP contribution is -2.37. The Bertz CT molecular complexity index is 1130. The zero-order chi connectivity index (χ0) is 21.8. The van der Waals surface area contributed by atoms with Crippen molar-refractivity contribution in [2.75, 3.05) is 25.1 Å². The van der Waals surface area contributed by atoms with Gasteiger partial charge in [0.15, 0.2) is 5.82 Å². The van der Waals surface area contributed by atoms with Crippen LogP contribution >= 0.6 is 0 Å². The van der Waals surface area contributed by atoms with Gasteiger partial charge in [-0.1, -0.05) is 12.7 Å². The van der Waals surface area contributed by atoms with E-state index in [0.717, 1.165) is 66.5 Å². The van der Waals surface area contributed by atoms with Crippen LogP contribution in [0.5, 0.6) is 0 Å². The summed E-state index contributed by atoms with van der Waals surface area (Å²) in [6, 6.07) is 6.19. The smallest absolute Gasteiger partial charge is 0.227 e. The molecule has 8 nitrogen and oxygen atoms in total. The number of hydrogen-bond donors (Lipinski definition) is 0. The molecule has 0 N–H and O–H groups in total. The molecule has 0 spiro atoms. The normalized spacial score (nSPS) is 16.2. The standard InChI is InChI=1S/C23H25N7O/c1-16-12-20(8-9-25-16)22-27-28-23-29(10-5-11-30(22)23)15-21(31-3)26-17(2)19-7-4-6-18(13-19)14-24/h7-9,12-13H,2,4-6,10-11,15H2,1,3H3. The number of methoxy groups -OCH3 is 1. The SMILES string of the molecule is C=C(N=C(CN1CCCn2c(-c3ccnc(C)c3)nnc21)OC)C1=CCCC(C#N)=C1. The molecule has 158 valence electrons. The third-order valence-electron chi connectivity index (χ3n) is 5.38. The summed E-state index contributed by atoms with van der Waals surface area (Å²) in [7, 11) is 1.61. The lowest BCUT2D eigenvalue weighted by atomic mass is 9.99. The second kappa shape index (κ2) is 8.96. The number of ether oxygens (including phenoxy) is 1. The van der Waals surface area contributed by atoms with Gasteiger partial charge in [0.05, 0.1) is 25.4 Å². The van der Waals surface area contributed by atoms with E-state index in [1.807, 2.05) is 25.1 Å². The Morgan fingerprint density at radius 3 is 3.00 bits per heavy atom. The number of fused-ring (bicyclic) bond motifs is 1. The number of allylic oxidation sites excluding steroid dienone is 3. The second-order valence-corrected chi connectivity index (χ2v) is 7.57. The Balaban J connectivity index is 1.56. The minimum absolute atomic E-state index is 0.463.